The van der Waals surface area contributed by atoms with Crippen LogP contribution in [0.4, 0.5) is 0 Å². The highest BCUT2D eigenvalue weighted by molar-refractivity contribution is 9.10. The molecule has 7 nitrogen and oxygen atoms in total. The fraction of sp³-hybridized carbons (Fsp3) is 0.333. The van der Waals surface area contributed by atoms with E-state index < -0.39 is 10.0 Å². The summed E-state index contributed by atoms with van der Waals surface area (Å²) >= 11 is 3.32. The summed E-state index contributed by atoms with van der Waals surface area (Å²) in [4.78, 5) is 26.5. The number of benzene rings is 2. The molecule has 1 heterocycles. The van der Waals surface area contributed by atoms with Crippen LogP contribution in [0.15, 0.2) is 57.9 Å². The number of carbonyl (C=O) groups excluding carboxylic acids is 2. The number of nitrogens with zero attached hydrogens (tertiary/aromatic N) is 2. The molecule has 9 heteroatoms. The van der Waals surface area contributed by atoms with Gasteiger partial charge < -0.3 is 9.64 Å². The minimum absolute atomic E-state index is 0.0865. The van der Waals surface area contributed by atoms with E-state index in [9.17, 15) is 18.0 Å². The number of halogens is 1. The molecule has 0 N–H and O–H groups in total. The average Bonchev–Trinajstić information content (AvgIpc) is 2.77. The molecular formula is C21H23BrN2O5S. The van der Waals surface area contributed by atoms with Crippen molar-refractivity contribution in [2.24, 2.45) is 0 Å². The second kappa shape index (κ2) is 9.72. The number of piperazine rings is 1. The molecule has 1 aliphatic heterocycles. The van der Waals surface area contributed by atoms with E-state index in [4.69, 9.17) is 4.74 Å². The highest BCUT2D eigenvalue weighted by atomic mass is 79.9. The van der Waals surface area contributed by atoms with Crippen molar-refractivity contribution in [3.05, 3.63) is 58.6 Å². The monoisotopic (exact) mass is 494 g/mol. The number of methoxy groups -OCH3 is 1. The fourth-order valence-corrected chi connectivity index (χ4v) is 4.92. The van der Waals surface area contributed by atoms with Crippen LogP contribution < -0.4 is 4.74 Å². The molecule has 1 amide bonds. The number of rotatable bonds is 7. The lowest BCUT2D eigenvalue weighted by Crippen LogP contribution is -2.50. The quantitative estimate of drug-likeness (QED) is 0.552. The summed E-state index contributed by atoms with van der Waals surface area (Å²) in [5, 5.41) is 0. The lowest BCUT2D eigenvalue weighted by Gasteiger charge is -2.34. The Labute approximate surface area is 184 Å². The maximum absolute atomic E-state index is 12.8. The Morgan fingerprint density at radius 3 is 2.10 bits per heavy atom. The Morgan fingerprint density at radius 2 is 1.53 bits per heavy atom. The van der Waals surface area contributed by atoms with Crippen LogP contribution in [-0.4, -0.2) is 62.6 Å². The molecule has 1 saturated heterocycles. The third kappa shape index (κ3) is 5.27. The van der Waals surface area contributed by atoms with Gasteiger partial charge in [0.1, 0.15) is 5.75 Å². The molecule has 30 heavy (non-hydrogen) atoms. The van der Waals surface area contributed by atoms with Crippen LogP contribution in [0.2, 0.25) is 0 Å². The van der Waals surface area contributed by atoms with Crippen molar-refractivity contribution in [1.82, 2.24) is 9.21 Å². The maximum Gasteiger partial charge on any atom is 0.243 e. The normalized spacial score (nSPS) is 15.1. The summed E-state index contributed by atoms with van der Waals surface area (Å²) in [5.41, 5.74) is 0.571. The summed E-state index contributed by atoms with van der Waals surface area (Å²) in [6.07, 6.45) is 0.241. The minimum atomic E-state index is -3.62. The SMILES string of the molecule is COc1ccc(S(=O)(=O)N2CCN(C(=O)CCC(=O)c3ccc(Br)cc3)CC2)cc1. The van der Waals surface area contributed by atoms with Gasteiger partial charge in [-0.3, -0.25) is 9.59 Å². The summed E-state index contributed by atoms with van der Waals surface area (Å²) in [7, 11) is -2.10. The standard InChI is InChI=1S/C21H23BrN2O5S/c1-29-18-6-8-19(9-7-18)30(27,28)24-14-12-23(13-15-24)21(26)11-10-20(25)16-2-4-17(22)5-3-16/h2-9H,10-15H2,1H3. The predicted molar refractivity (Wildman–Crippen MR) is 116 cm³/mol. The van der Waals surface area contributed by atoms with Crippen molar-refractivity contribution in [3.63, 3.8) is 0 Å². The van der Waals surface area contributed by atoms with Gasteiger partial charge in [0.25, 0.3) is 0 Å². The van der Waals surface area contributed by atoms with Crippen LogP contribution >= 0.6 is 15.9 Å². The van der Waals surface area contributed by atoms with E-state index in [2.05, 4.69) is 15.9 Å². The molecule has 160 valence electrons. The Kier molecular flexibility index (Phi) is 7.27. The zero-order valence-electron chi connectivity index (χ0n) is 16.6. The van der Waals surface area contributed by atoms with Crippen molar-refractivity contribution < 1.29 is 22.7 Å². The van der Waals surface area contributed by atoms with Crippen LogP contribution in [-0.2, 0) is 14.8 Å². The predicted octanol–water partition coefficient (Wildman–Crippen LogP) is 2.95. The minimum Gasteiger partial charge on any atom is -0.497 e. The number of sulfonamides is 1. The third-order valence-electron chi connectivity index (χ3n) is 5.02. The molecule has 1 fully saturated rings. The number of hydrogen-bond donors (Lipinski definition) is 0. The number of ether oxygens (including phenoxy) is 1. The highest BCUT2D eigenvalue weighted by Gasteiger charge is 2.30. The zero-order valence-corrected chi connectivity index (χ0v) is 19.0. The number of amides is 1. The van der Waals surface area contributed by atoms with E-state index in [1.54, 1.807) is 41.3 Å². The van der Waals surface area contributed by atoms with Gasteiger partial charge >= 0.3 is 0 Å². The van der Waals surface area contributed by atoms with Gasteiger partial charge in [-0.15, -0.1) is 0 Å². The van der Waals surface area contributed by atoms with E-state index in [1.165, 1.54) is 23.5 Å². The Morgan fingerprint density at radius 1 is 0.933 bits per heavy atom. The van der Waals surface area contributed by atoms with Gasteiger partial charge in [0, 0.05) is 49.1 Å². The smallest absolute Gasteiger partial charge is 0.243 e. The molecule has 2 aromatic rings. The molecule has 1 aliphatic rings. The molecule has 0 unspecified atom stereocenters. The van der Waals surface area contributed by atoms with E-state index in [-0.39, 0.29) is 42.5 Å². The first-order valence-electron chi connectivity index (χ1n) is 9.52. The van der Waals surface area contributed by atoms with Crippen LogP contribution in [0, 0.1) is 0 Å². The van der Waals surface area contributed by atoms with Gasteiger partial charge in [0.15, 0.2) is 5.78 Å². The highest BCUT2D eigenvalue weighted by Crippen LogP contribution is 2.21. The topological polar surface area (TPSA) is 84.0 Å². The van der Waals surface area contributed by atoms with Crippen molar-refractivity contribution in [1.29, 1.82) is 0 Å². The summed E-state index contributed by atoms with van der Waals surface area (Å²) in [6.45, 7) is 1.06. The van der Waals surface area contributed by atoms with E-state index in [0.29, 0.717) is 24.4 Å². The summed E-state index contributed by atoms with van der Waals surface area (Å²) < 4.78 is 32.9. The first-order chi connectivity index (χ1) is 14.3. The van der Waals surface area contributed by atoms with Gasteiger partial charge in [-0.25, -0.2) is 8.42 Å². The second-order valence-corrected chi connectivity index (χ2v) is 9.74. The largest absolute Gasteiger partial charge is 0.497 e. The molecule has 0 aliphatic carbocycles. The average molecular weight is 495 g/mol. The first-order valence-corrected chi connectivity index (χ1v) is 11.8. The second-order valence-electron chi connectivity index (χ2n) is 6.89. The molecule has 0 bridgehead atoms. The number of Topliss-reactive ketones (excluding diaryl/α,β-unsaturated/α-hetero) is 1. The Hall–Kier alpha value is -2.23. The number of hydrogen-bond acceptors (Lipinski definition) is 5. The van der Waals surface area contributed by atoms with Gasteiger partial charge in [-0.05, 0) is 36.4 Å². The summed E-state index contributed by atoms with van der Waals surface area (Å²) in [5.74, 6) is 0.362. The molecule has 0 radical (unpaired) electrons. The third-order valence-corrected chi connectivity index (χ3v) is 7.46. The van der Waals surface area contributed by atoms with Crippen molar-refractivity contribution in [3.8, 4) is 5.75 Å². The van der Waals surface area contributed by atoms with Crippen LogP contribution in [0.1, 0.15) is 23.2 Å². The molecule has 0 spiro atoms. The van der Waals surface area contributed by atoms with Gasteiger partial charge in [-0.2, -0.15) is 4.31 Å². The number of carbonyl (C=O) groups is 2. The first kappa shape index (κ1) is 22.5. The van der Waals surface area contributed by atoms with E-state index in [0.717, 1.165) is 4.47 Å². The van der Waals surface area contributed by atoms with E-state index >= 15 is 0 Å². The molecule has 0 atom stereocenters. The van der Waals surface area contributed by atoms with Gasteiger partial charge in [0.05, 0.1) is 12.0 Å². The van der Waals surface area contributed by atoms with Gasteiger partial charge in [-0.1, -0.05) is 28.1 Å². The molecule has 2 aromatic carbocycles. The maximum atomic E-state index is 12.8. The Balaban J connectivity index is 1.52. The van der Waals surface area contributed by atoms with Crippen LogP contribution in [0.25, 0.3) is 0 Å². The van der Waals surface area contributed by atoms with Crippen LogP contribution in [0.5, 0.6) is 5.75 Å². The van der Waals surface area contributed by atoms with Crippen molar-refractivity contribution >= 4 is 37.6 Å². The molecule has 3 rings (SSSR count). The Bertz CT molecular complexity index is 999. The lowest BCUT2D eigenvalue weighted by molar-refractivity contribution is -0.132. The van der Waals surface area contributed by atoms with Crippen LogP contribution in [0.3, 0.4) is 0 Å². The summed E-state index contributed by atoms with van der Waals surface area (Å²) in [6, 6.07) is 13.3. The lowest BCUT2D eigenvalue weighted by atomic mass is 10.1. The zero-order chi connectivity index (χ0) is 21.7. The van der Waals surface area contributed by atoms with Gasteiger partial charge in [0.2, 0.25) is 15.9 Å². The molecule has 0 saturated carbocycles. The van der Waals surface area contributed by atoms with Crippen molar-refractivity contribution in [2.75, 3.05) is 33.3 Å². The van der Waals surface area contributed by atoms with Crippen molar-refractivity contribution in [2.45, 2.75) is 17.7 Å². The van der Waals surface area contributed by atoms with E-state index in [1.807, 2.05) is 0 Å². The fourth-order valence-electron chi connectivity index (χ4n) is 3.23. The number of ketones is 1. The molecular weight excluding hydrogens is 472 g/mol. The molecule has 0 aromatic heterocycles.